The van der Waals surface area contributed by atoms with Crippen molar-refractivity contribution in [1.82, 2.24) is 25.6 Å². The fourth-order valence-electron chi connectivity index (χ4n) is 4.57. The Morgan fingerprint density at radius 3 is 1.53 bits per heavy atom. The van der Waals surface area contributed by atoms with Crippen LogP contribution in [-0.2, 0) is 55.3 Å². The summed E-state index contributed by atoms with van der Waals surface area (Å²) in [6, 6.07) is 6.87. The second-order valence-electron chi connectivity index (χ2n) is 11.6. The number of guanidine groups is 1. The van der Waals surface area contributed by atoms with Gasteiger partial charge in [-0.15, -0.1) is 0 Å². The Morgan fingerprint density at radius 2 is 1.08 bits per heavy atom. The lowest BCUT2D eigenvalue weighted by molar-refractivity contribution is 0.356. The summed E-state index contributed by atoms with van der Waals surface area (Å²) in [6.07, 6.45) is 1.21. The molecular formula is C27H35N11O16S5. The maximum Gasteiger partial charge on any atom is 0.295 e. The van der Waals surface area contributed by atoms with Gasteiger partial charge in [-0.2, -0.15) is 62.0 Å². The maximum absolute atomic E-state index is 12.5. The standard InChI is InChI=1S/C27H35N11O16S5/c1-54-27-37-24(30-10-13-57(45,46)47)36-26(38-27)32-19-7-5-17(21(15-19)59(51,52)53)3-2-16-4-6-18(14-20(16)58(48,49)50)31-25-34-22(28-8-11-55(39,40)41)33-23(35-25)29-9-12-56(42,43)44/h2-7,14-15,24,30H,8-13H2,1H3,(H,39,40,41)(H,42,43,44)(H,45,46,47)(H,48,49,50)(H,51,52,53)(H2,32,36,37,38)(H3,28,29,31,33,34,35). The van der Waals surface area contributed by atoms with Gasteiger partial charge in [0.05, 0.1) is 24.4 Å². The second-order valence-corrected chi connectivity index (χ2v) is 19.1. The number of rotatable bonds is 19. The summed E-state index contributed by atoms with van der Waals surface area (Å²) in [5.74, 6) is -3.23. The normalized spacial score (nSPS) is 15.2. The van der Waals surface area contributed by atoms with Gasteiger partial charge in [0.15, 0.2) is 6.29 Å². The van der Waals surface area contributed by atoms with E-state index in [9.17, 15) is 51.2 Å². The number of hydrogen-bond donors (Lipinski definition) is 11. The van der Waals surface area contributed by atoms with E-state index in [4.69, 9.17) is 18.4 Å². The Labute approximate surface area is 336 Å². The first kappa shape index (κ1) is 46.5. The van der Waals surface area contributed by atoms with E-state index in [1.807, 2.05) is 0 Å². The number of hydrogen-bond acceptors (Lipinski definition) is 22. The molecule has 0 saturated carbocycles. The Kier molecular flexibility index (Phi) is 14.8. The van der Waals surface area contributed by atoms with Crippen LogP contribution >= 0.6 is 0 Å². The van der Waals surface area contributed by atoms with Crippen molar-refractivity contribution in [3.63, 3.8) is 0 Å². The van der Waals surface area contributed by atoms with Gasteiger partial charge in [0.1, 0.15) is 9.79 Å². The van der Waals surface area contributed by atoms with Gasteiger partial charge in [-0.3, -0.25) is 28.1 Å². The summed E-state index contributed by atoms with van der Waals surface area (Å²) in [4.78, 5) is 18.8. The first-order valence-corrected chi connectivity index (χ1v) is 23.7. The van der Waals surface area contributed by atoms with Crippen molar-refractivity contribution in [3.05, 3.63) is 47.5 Å². The van der Waals surface area contributed by atoms with Gasteiger partial charge >= 0.3 is 0 Å². The molecule has 0 fully saturated rings. The Balaban J connectivity index is 1.62. The quantitative estimate of drug-likeness (QED) is 0.0508. The molecule has 27 nitrogen and oxygen atoms in total. The number of ether oxygens (including phenoxy) is 1. The lowest BCUT2D eigenvalue weighted by Crippen LogP contribution is -2.49. The van der Waals surface area contributed by atoms with Crippen LogP contribution in [0.15, 0.2) is 56.2 Å². The average Bonchev–Trinajstić information content (AvgIpc) is 3.09. The third-order valence-corrected chi connectivity index (χ3v) is 11.0. The molecule has 59 heavy (non-hydrogen) atoms. The maximum atomic E-state index is 12.5. The van der Waals surface area contributed by atoms with Gasteiger partial charge in [-0.1, -0.05) is 24.3 Å². The molecule has 11 N–H and O–H groups in total. The number of benzene rings is 2. The van der Waals surface area contributed by atoms with Crippen LogP contribution in [0.25, 0.3) is 12.2 Å². The molecule has 0 bridgehead atoms. The molecule has 32 heteroatoms. The molecule has 0 radical (unpaired) electrons. The number of aliphatic imine (C=N–C) groups is 2. The minimum atomic E-state index is -5.00. The molecule has 1 aliphatic rings. The van der Waals surface area contributed by atoms with Crippen LogP contribution in [-0.4, -0.2) is 142 Å². The van der Waals surface area contributed by atoms with Crippen molar-refractivity contribution in [3.8, 4) is 0 Å². The molecule has 324 valence electrons. The third kappa shape index (κ3) is 15.8. The van der Waals surface area contributed by atoms with Crippen LogP contribution in [0.1, 0.15) is 11.1 Å². The third-order valence-electron chi connectivity index (χ3n) is 7.07. The smallest absolute Gasteiger partial charge is 0.295 e. The minimum Gasteiger partial charge on any atom is -0.468 e. The van der Waals surface area contributed by atoms with Crippen molar-refractivity contribution in [2.45, 2.75) is 16.1 Å². The molecule has 1 atom stereocenters. The fraction of sp³-hybridized carbons (Fsp3) is 0.296. The van der Waals surface area contributed by atoms with E-state index in [1.54, 1.807) is 0 Å². The topological polar surface area (TPSA) is 417 Å². The van der Waals surface area contributed by atoms with Gasteiger partial charge in [0.2, 0.25) is 23.8 Å². The fourth-order valence-corrected chi connectivity index (χ4v) is 7.09. The van der Waals surface area contributed by atoms with Gasteiger partial charge in [0, 0.05) is 31.0 Å². The monoisotopic (exact) mass is 929 g/mol. The van der Waals surface area contributed by atoms with E-state index in [-0.39, 0.29) is 58.9 Å². The predicted octanol–water partition coefficient (Wildman–Crippen LogP) is -0.987. The van der Waals surface area contributed by atoms with E-state index < -0.39 is 97.0 Å². The molecule has 3 aromatic rings. The van der Waals surface area contributed by atoms with Gasteiger partial charge < -0.3 is 31.3 Å². The number of aromatic nitrogens is 3. The lowest BCUT2D eigenvalue weighted by Gasteiger charge is -2.22. The second kappa shape index (κ2) is 18.8. The number of nitrogens with one attached hydrogen (secondary N) is 6. The summed E-state index contributed by atoms with van der Waals surface area (Å²) >= 11 is 0. The summed E-state index contributed by atoms with van der Waals surface area (Å²) < 4.78 is 169. The molecule has 1 aliphatic heterocycles. The average molecular weight is 930 g/mol. The van der Waals surface area contributed by atoms with E-state index in [0.29, 0.717) is 0 Å². The summed E-state index contributed by atoms with van der Waals surface area (Å²) in [6.45, 7) is -1.02. The highest BCUT2D eigenvalue weighted by atomic mass is 32.2. The van der Waals surface area contributed by atoms with Crippen LogP contribution in [0.2, 0.25) is 0 Å². The molecular weight excluding hydrogens is 895 g/mol. The highest BCUT2D eigenvalue weighted by molar-refractivity contribution is 7.86. The first-order chi connectivity index (χ1) is 27.3. The highest BCUT2D eigenvalue weighted by Crippen LogP contribution is 2.27. The van der Waals surface area contributed by atoms with Crippen LogP contribution in [0, 0.1) is 0 Å². The Morgan fingerprint density at radius 1 is 0.644 bits per heavy atom. The molecule has 4 rings (SSSR count). The summed E-state index contributed by atoms with van der Waals surface area (Å²) in [5.41, 5.74) is -0.394. The molecule has 0 amide bonds. The van der Waals surface area contributed by atoms with Gasteiger partial charge in [0.25, 0.3) is 56.6 Å². The zero-order valence-corrected chi connectivity index (χ0v) is 34.0. The van der Waals surface area contributed by atoms with Crippen molar-refractivity contribution in [1.29, 1.82) is 0 Å². The SMILES string of the molecule is COC1=NC(Nc2ccc(C=Cc3ccc(Nc4nc(NCCS(=O)(=O)O)nc(NCCS(=O)(=O)O)n4)cc3S(=O)(=O)O)c(S(=O)(=O)O)c2)=NC(NCCS(=O)(=O)O)N1. The number of methoxy groups -OCH3 is 1. The van der Waals surface area contributed by atoms with E-state index >= 15 is 0 Å². The zero-order chi connectivity index (χ0) is 43.8. The summed E-state index contributed by atoms with van der Waals surface area (Å²) in [7, 11) is -21.8. The first-order valence-electron chi connectivity index (χ1n) is 16.0. The minimum absolute atomic E-state index is 0.0206. The highest BCUT2D eigenvalue weighted by Gasteiger charge is 2.21. The van der Waals surface area contributed by atoms with Gasteiger partial charge in [-0.25, -0.2) is 4.99 Å². The van der Waals surface area contributed by atoms with Crippen molar-refractivity contribution in [2.75, 3.05) is 65.3 Å². The van der Waals surface area contributed by atoms with Crippen LogP contribution in [0.4, 0.5) is 29.2 Å². The van der Waals surface area contributed by atoms with Crippen molar-refractivity contribution < 1.29 is 69.6 Å². The lowest BCUT2D eigenvalue weighted by atomic mass is 10.1. The summed E-state index contributed by atoms with van der Waals surface area (Å²) in [5, 5.41) is 15.7. The van der Waals surface area contributed by atoms with E-state index in [0.717, 1.165) is 24.3 Å². The predicted molar refractivity (Wildman–Crippen MR) is 211 cm³/mol. The number of amidine groups is 1. The van der Waals surface area contributed by atoms with Crippen molar-refractivity contribution in [2.24, 2.45) is 9.98 Å². The number of nitrogens with zero attached hydrogens (tertiary/aromatic N) is 5. The molecule has 0 spiro atoms. The Bertz CT molecular complexity index is 2660. The molecule has 0 aliphatic carbocycles. The van der Waals surface area contributed by atoms with Crippen LogP contribution in [0.5, 0.6) is 0 Å². The largest absolute Gasteiger partial charge is 0.468 e. The van der Waals surface area contributed by atoms with Crippen LogP contribution < -0.4 is 31.9 Å². The van der Waals surface area contributed by atoms with Gasteiger partial charge in [-0.05, 0) is 35.4 Å². The van der Waals surface area contributed by atoms with Crippen LogP contribution in [0.3, 0.4) is 0 Å². The molecule has 0 saturated heterocycles. The van der Waals surface area contributed by atoms with E-state index in [2.05, 4.69) is 56.8 Å². The molecule has 2 heterocycles. The molecule has 1 aromatic heterocycles. The molecule has 1 unspecified atom stereocenters. The van der Waals surface area contributed by atoms with E-state index in [1.165, 1.54) is 31.4 Å². The zero-order valence-electron chi connectivity index (χ0n) is 29.9. The Hall–Kier alpha value is -5.16. The number of anilines is 5. The van der Waals surface area contributed by atoms with Crippen molar-refractivity contribution >= 4 is 104 Å². The molecule has 2 aromatic carbocycles.